The number of hydrogen-bond donors (Lipinski definition) is 0. The number of carboxylic acid groups (broad SMARTS) is 1. The van der Waals surface area contributed by atoms with Gasteiger partial charge in [0.15, 0.2) is 12.4 Å². The smallest absolute Gasteiger partial charge is 0.306 e. The molecule has 0 saturated heterocycles. The first-order valence-electron chi connectivity index (χ1n) is 46.6. The van der Waals surface area contributed by atoms with Gasteiger partial charge in [-0.25, -0.2) is 0 Å². The Morgan fingerprint density at radius 1 is 0.288 bits per heavy atom. The maximum absolute atomic E-state index is 13.0. The molecular weight excluding hydrogens is 1280 g/mol. The number of unbranched alkanes of at least 4 members (excludes halogenated alkanes) is 68. The van der Waals surface area contributed by atoms with E-state index in [1.165, 1.54) is 417 Å². The molecule has 0 spiro atoms. The van der Waals surface area contributed by atoms with Crippen molar-refractivity contribution in [1.29, 1.82) is 0 Å². The Morgan fingerprint density at radius 3 is 0.769 bits per heavy atom. The zero-order valence-corrected chi connectivity index (χ0v) is 70.7. The van der Waals surface area contributed by atoms with Crippen LogP contribution in [0, 0.1) is 0 Å². The monoisotopic (exact) mass is 1460 g/mol. The summed E-state index contributed by atoms with van der Waals surface area (Å²) in [6.45, 7) is 4.83. The first-order valence-corrected chi connectivity index (χ1v) is 46.6. The van der Waals surface area contributed by atoms with Gasteiger partial charge in [0.2, 0.25) is 0 Å². The number of quaternary nitrogens is 1. The lowest BCUT2D eigenvalue weighted by molar-refractivity contribution is -0.870. The van der Waals surface area contributed by atoms with Crippen molar-refractivity contribution >= 4 is 17.9 Å². The molecule has 0 saturated carbocycles. The SMILES string of the molecule is CCCCCCC/C=C\C/C=C\C/C=C\CCCCCCCCCCCCCCCCCCCCCCCCCCCCC(=O)OC(COC(=O)CCCCCCCCCCCCCCCCCCCCCCCCCCCCCCCCCCCCCCCC)COC(OCC[N+](C)(C)C)C(=O)[O-]. The van der Waals surface area contributed by atoms with Gasteiger partial charge < -0.3 is 33.3 Å². The minimum Gasteiger partial charge on any atom is -0.545 e. The minimum atomic E-state index is -1.62. The topological polar surface area (TPSA) is 111 Å². The van der Waals surface area contributed by atoms with Crippen molar-refractivity contribution in [3.8, 4) is 0 Å². The highest BCUT2D eigenvalue weighted by atomic mass is 16.7. The molecule has 0 heterocycles. The Labute approximate surface area is 649 Å². The average Bonchev–Trinajstić information content (AvgIpc) is 0.971. The van der Waals surface area contributed by atoms with Crippen LogP contribution in [0.25, 0.3) is 0 Å². The fourth-order valence-electron chi connectivity index (χ4n) is 14.6. The highest BCUT2D eigenvalue weighted by Crippen LogP contribution is 2.22. The fraction of sp³-hybridized carbons (Fsp3) is 0.905. The number of allylic oxidation sites excluding steroid dienone is 6. The summed E-state index contributed by atoms with van der Waals surface area (Å²) < 4.78 is 22.9. The molecule has 0 rings (SSSR count). The molecule has 0 aromatic heterocycles. The molecule has 0 aliphatic carbocycles. The predicted molar refractivity (Wildman–Crippen MR) is 449 cm³/mol. The van der Waals surface area contributed by atoms with E-state index in [4.69, 9.17) is 18.9 Å². The minimum absolute atomic E-state index is 0.152. The van der Waals surface area contributed by atoms with E-state index in [0.717, 1.165) is 51.4 Å². The third-order valence-corrected chi connectivity index (χ3v) is 21.6. The molecule has 9 nitrogen and oxygen atoms in total. The normalized spacial score (nSPS) is 12.7. The second-order valence-electron chi connectivity index (χ2n) is 33.3. The number of aliphatic carboxylic acids is 1. The number of carbonyl (C=O) groups is 3. The van der Waals surface area contributed by atoms with Gasteiger partial charge in [-0.3, -0.25) is 9.59 Å². The number of likely N-dealkylation sites (N-methyl/N-ethyl adjacent to an activating group) is 1. The lowest BCUT2D eigenvalue weighted by Crippen LogP contribution is -2.44. The van der Waals surface area contributed by atoms with Crippen LogP contribution in [0.5, 0.6) is 0 Å². The van der Waals surface area contributed by atoms with Gasteiger partial charge in [0.1, 0.15) is 13.2 Å². The van der Waals surface area contributed by atoms with Gasteiger partial charge in [0.25, 0.3) is 0 Å². The van der Waals surface area contributed by atoms with Gasteiger partial charge in [0.05, 0.1) is 40.3 Å². The van der Waals surface area contributed by atoms with Gasteiger partial charge >= 0.3 is 11.9 Å². The number of carboxylic acids is 1. The van der Waals surface area contributed by atoms with E-state index >= 15 is 0 Å². The maximum Gasteiger partial charge on any atom is 0.306 e. The van der Waals surface area contributed by atoms with Crippen molar-refractivity contribution < 1.29 is 42.9 Å². The standard InChI is InChI=1S/C95H181NO8/c1-6-8-10-12-14-16-18-20-22-24-26-28-30-32-34-36-38-40-42-44-46-47-48-50-52-54-56-58-60-62-64-66-68-70-72-74-76-78-80-82-84-86-93(98)104-91(90-103-95(94(99)100)101-88-87-96(3,4)5)89-102-92(97)85-83-81-79-77-75-73-71-69-67-65-63-61-59-57-55-53-51-49-45-43-41-39-37-35-33-31-29-27-25-23-21-19-17-15-13-11-9-7-2/h18,20,24,26,30,32,91,95H,6-17,19,21-23,25,27-29,31,33-90H2,1-5H3/b20-18-,26-24-,32-30-. The molecule has 104 heavy (non-hydrogen) atoms. The van der Waals surface area contributed by atoms with Gasteiger partial charge in [0, 0.05) is 12.8 Å². The van der Waals surface area contributed by atoms with Gasteiger partial charge in [-0.15, -0.1) is 0 Å². The Hall–Kier alpha value is -2.49. The molecule has 2 atom stereocenters. The van der Waals surface area contributed by atoms with Crippen LogP contribution in [0.4, 0.5) is 0 Å². The van der Waals surface area contributed by atoms with Crippen LogP contribution in [0.15, 0.2) is 36.5 Å². The van der Waals surface area contributed by atoms with Crippen LogP contribution in [0.3, 0.4) is 0 Å². The van der Waals surface area contributed by atoms with E-state index in [1.807, 2.05) is 21.1 Å². The van der Waals surface area contributed by atoms with Crippen LogP contribution in [0.1, 0.15) is 495 Å². The van der Waals surface area contributed by atoms with E-state index < -0.39 is 24.3 Å². The van der Waals surface area contributed by atoms with Gasteiger partial charge in [-0.1, -0.05) is 468 Å². The third-order valence-electron chi connectivity index (χ3n) is 21.6. The van der Waals surface area contributed by atoms with Crippen molar-refractivity contribution in [2.75, 3.05) is 47.5 Å². The van der Waals surface area contributed by atoms with Gasteiger partial charge in [-0.05, 0) is 51.4 Å². The fourth-order valence-corrected chi connectivity index (χ4v) is 14.6. The summed E-state index contributed by atoms with van der Waals surface area (Å²) in [5, 5.41) is 11.9. The highest BCUT2D eigenvalue weighted by Gasteiger charge is 2.22. The summed E-state index contributed by atoms with van der Waals surface area (Å²) >= 11 is 0. The molecule has 9 heteroatoms. The molecule has 0 aromatic carbocycles. The Balaban J connectivity index is 3.87. The van der Waals surface area contributed by atoms with E-state index in [9.17, 15) is 19.5 Å². The second kappa shape index (κ2) is 86.1. The Kier molecular flexibility index (Phi) is 84.0. The highest BCUT2D eigenvalue weighted by molar-refractivity contribution is 5.70. The predicted octanol–water partition coefficient (Wildman–Crippen LogP) is 29.2. The van der Waals surface area contributed by atoms with E-state index in [1.54, 1.807) is 0 Å². The van der Waals surface area contributed by atoms with Crippen molar-refractivity contribution in [1.82, 2.24) is 0 Å². The molecule has 0 aliphatic rings. The number of esters is 2. The molecule has 0 N–H and O–H groups in total. The second-order valence-corrected chi connectivity index (χ2v) is 33.3. The van der Waals surface area contributed by atoms with Crippen molar-refractivity contribution in [3.63, 3.8) is 0 Å². The third kappa shape index (κ3) is 86.7. The molecule has 2 unspecified atom stereocenters. The first kappa shape index (κ1) is 102. The van der Waals surface area contributed by atoms with Crippen molar-refractivity contribution in [2.24, 2.45) is 0 Å². The lowest BCUT2D eigenvalue weighted by Gasteiger charge is -2.26. The van der Waals surface area contributed by atoms with Crippen molar-refractivity contribution in [2.45, 2.75) is 508 Å². The van der Waals surface area contributed by atoms with Crippen LogP contribution >= 0.6 is 0 Å². The first-order chi connectivity index (χ1) is 51.1. The molecule has 0 amide bonds. The van der Waals surface area contributed by atoms with Crippen LogP contribution in [0.2, 0.25) is 0 Å². The number of ether oxygens (including phenoxy) is 4. The zero-order valence-electron chi connectivity index (χ0n) is 70.7. The number of carbonyl (C=O) groups excluding carboxylic acids is 3. The lowest BCUT2D eigenvalue weighted by atomic mass is 10.0. The molecular formula is C95H181NO8. The number of rotatable bonds is 89. The average molecular weight is 1470 g/mol. The summed E-state index contributed by atoms with van der Waals surface area (Å²) in [6.07, 6.45) is 111. The summed E-state index contributed by atoms with van der Waals surface area (Å²) in [4.78, 5) is 37.7. The molecule has 0 aliphatic heterocycles. The molecule has 0 aromatic rings. The summed E-state index contributed by atoms with van der Waals surface area (Å²) in [5.74, 6) is -2.24. The number of nitrogens with zero attached hydrogens (tertiary/aromatic N) is 1. The van der Waals surface area contributed by atoms with E-state index in [0.29, 0.717) is 17.4 Å². The zero-order chi connectivity index (χ0) is 75.3. The van der Waals surface area contributed by atoms with E-state index in [2.05, 4.69) is 50.3 Å². The quantitative estimate of drug-likeness (QED) is 0.0195. The van der Waals surface area contributed by atoms with Crippen LogP contribution in [-0.2, 0) is 33.3 Å². The Morgan fingerprint density at radius 2 is 0.519 bits per heavy atom. The molecule has 0 bridgehead atoms. The molecule has 0 fully saturated rings. The molecule has 614 valence electrons. The number of hydrogen-bond acceptors (Lipinski definition) is 8. The molecule has 0 radical (unpaired) electrons. The summed E-state index contributed by atoms with van der Waals surface area (Å²) in [7, 11) is 5.96. The largest absolute Gasteiger partial charge is 0.545 e. The van der Waals surface area contributed by atoms with Gasteiger partial charge in [-0.2, -0.15) is 0 Å². The van der Waals surface area contributed by atoms with Crippen molar-refractivity contribution in [3.05, 3.63) is 36.5 Å². The Bertz CT molecular complexity index is 1810. The van der Waals surface area contributed by atoms with Crippen LogP contribution in [-0.4, -0.2) is 82.3 Å². The van der Waals surface area contributed by atoms with Crippen LogP contribution < -0.4 is 5.11 Å². The summed E-state index contributed by atoms with van der Waals surface area (Å²) in [6, 6.07) is 0. The maximum atomic E-state index is 13.0. The van der Waals surface area contributed by atoms with E-state index in [-0.39, 0.29) is 32.2 Å². The summed E-state index contributed by atoms with van der Waals surface area (Å²) in [5.41, 5.74) is 0.